The molecule has 5 heteroatoms. The molecule has 0 saturated heterocycles. The number of benzene rings is 1. The maximum atomic E-state index is 9.64. The molecule has 0 spiro atoms. The van der Waals surface area contributed by atoms with Crippen LogP contribution in [0.5, 0.6) is 0 Å². The highest BCUT2D eigenvalue weighted by Gasteiger charge is 2.10. The summed E-state index contributed by atoms with van der Waals surface area (Å²) in [6.07, 6.45) is -0.460. The molecule has 16 heavy (non-hydrogen) atoms. The maximum Gasteiger partial charge on any atom is 0.179 e. The third kappa shape index (κ3) is 2.61. The third-order valence-corrected chi connectivity index (χ3v) is 4.06. The van der Waals surface area contributed by atoms with Crippen molar-refractivity contribution >= 4 is 23.1 Å². The van der Waals surface area contributed by atoms with Gasteiger partial charge < -0.3 is 5.11 Å². The van der Waals surface area contributed by atoms with Gasteiger partial charge in [0.1, 0.15) is 5.01 Å². The summed E-state index contributed by atoms with van der Waals surface area (Å²) in [6, 6.07) is 7.81. The highest BCUT2D eigenvalue weighted by atomic mass is 32.2. The Balaban J connectivity index is 2.27. The van der Waals surface area contributed by atoms with Gasteiger partial charge in [-0.1, -0.05) is 41.3 Å². The number of aryl methyl sites for hydroxylation is 1. The van der Waals surface area contributed by atoms with Crippen molar-refractivity contribution in [2.24, 2.45) is 0 Å². The van der Waals surface area contributed by atoms with Gasteiger partial charge in [0.25, 0.3) is 0 Å². The number of hydrogen-bond acceptors (Lipinski definition) is 5. The molecule has 0 aliphatic heterocycles. The summed E-state index contributed by atoms with van der Waals surface area (Å²) < 4.78 is 0.908. The summed E-state index contributed by atoms with van der Waals surface area (Å²) in [5.41, 5.74) is 0.931. The first-order valence-corrected chi connectivity index (χ1v) is 6.55. The van der Waals surface area contributed by atoms with Gasteiger partial charge in [0.2, 0.25) is 0 Å². The fourth-order valence-corrected chi connectivity index (χ4v) is 3.32. The van der Waals surface area contributed by atoms with Crippen LogP contribution in [-0.2, 0) is 0 Å². The highest BCUT2D eigenvalue weighted by Crippen LogP contribution is 2.34. The van der Waals surface area contributed by atoms with Crippen LogP contribution >= 0.6 is 23.1 Å². The second-order valence-electron chi connectivity index (χ2n) is 3.40. The minimum Gasteiger partial charge on any atom is -0.389 e. The van der Waals surface area contributed by atoms with E-state index in [4.69, 9.17) is 0 Å². The number of aromatic nitrogens is 2. The van der Waals surface area contributed by atoms with Crippen molar-refractivity contribution in [3.8, 4) is 0 Å². The second-order valence-corrected chi connectivity index (χ2v) is 5.87. The second kappa shape index (κ2) is 4.95. The Kier molecular flexibility index (Phi) is 3.58. The molecule has 2 rings (SSSR count). The van der Waals surface area contributed by atoms with Crippen molar-refractivity contribution in [1.29, 1.82) is 0 Å². The monoisotopic (exact) mass is 252 g/mol. The summed E-state index contributed by atoms with van der Waals surface area (Å²) in [5.74, 6) is 0. The summed E-state index contributed by atoms with van der Waals surface area (Å²) in [4.78, 5) is 1.04. The molecule has 1 aromatic carbocycles. The standard InChI is InChI=1S/C11H12N2OS2/c1-7(14)9-5-3-4-6-10(9)16-11-13-12-8(2)15-11/h3-7,14H,1-2H3/t7-/m1/s1. The van der Waals surface area contributed by atoms with E-state index in [1.54, 1.807) is 30.0 Å². The fraction of sp³-hybridized carbons (Fsp3) is 0.273. The fourth-order valence-electron chi connectivity index (χ4n) is 1.33. The van der Waals surface area contributed by atoms with E-state index < -0.39 is 6.10 Å². The van der Waals surface area contributed by atoms with Crippen LogP contribution < -0.4 is 0 Å². The summed E-state index contributed by atoms with van der Waals surface area (Å²) >= 11 is 3.11. The minimum atomic E-state index is -0.460. The van der Waals surface area contributed by atoms with Crippen LogP contribution in [-0.4, -0.2) is 15.3 Å². The largest absolute Gasteiger partial charge is 0.389 e. The summed E-state index contributed by atoms with van der Waals surface area (Å²) in [7, 11) is 0. The van der Waals surface area contributed by atoms with Gasteiger partial charge in [-0.3, -0.25) is 0 Å². The lowest BCUT2D eigenvalue weighted by molar-refractivity contribution is 0.196. The van der Waals surface area contributed by atoms with Gasteiger partial charge in [-0.2, -0.15) is 0 Å². The Morgan fingerprint density at radius 3 is 2.69 bits per heavy atom. The number of hydrogen-bond donors (Lipinski definition) is 1. The molecule has 84 valence electrons. The van der Waals surface area contributed by atoms with Gasteiger partial charge >= 0.3 is 0 Å². The molecule has 0 bridgehead atoms. The van der Waals surface area contributed by atoms with Crippen molar-refractivity contribution in [2.45, 2.75) is 29.2 Å². The number of rotatable bonds is 3. The molecule has 0 amide bonds. The molecular weight excluding hydrogens is 240 g/mol. The summed E-state index contributed by atoms with van der Waals surface area (Å²) in [5, 5.41) is 18.6. The van der Waals surface area contributed by atoms with E-state index in [0.717, 1.165) is 19.8 Å². The van der Waals surface area contributed by atoms with Crippen molar-refractivity contribution < 1.29 is 5.11 Å². The van der Waals surface area contributed by atoms with E-state index >= 15 is 0 Å². The lowest BCUT2D eigenvalue weighted by Crippen LogP contribution is -1.93. The molecule has 1 N–H and O–H groups in total. The molecule has 1 heterocycles. The van der Waals surface area contributed by atoms with Crippen molar-refractivity contribution in [2.75, 3.05) is 0 Å². The molecule has 2 aromatic rings. The van der Waals surface area contributed by atoms with Gasteiger partial charge in [-0.05, 0) is 25.5 Å². The van der Waals surface area contributed by atoms with Crippen LogP contribution in [0.4, 0.5) is 0 Å². The Hall–Kier alpha value is -0.910. The van der Waals surface area contributed by atoms with Crippen molar-refractivity contribution in [1.82, 2.24) is 10.2 Å². The Bertz CT molecular complexity index is 482. The van der Waals surface area contributed by atoms with Crippen LogP contribution in [0.1, 0.15) is 23.6 Å². The Labute approximate surface area is 103 Å². The molecule has 0 aliphatic carbocycles. The molecule has 0 saturated carbocycles. The molecule has 1 atom stereocenters. The van der Waals surface area contributed by atoms with Crippen LogP contribution in [0, 0.1) is 6.92 Å². The number of nitrogens with zero attached hydrogens (tertiary/aromatic N) is 2. The van der Waals surface area contributed by atoms with E-state index in [1.165, 1.54) is 0 Å². The third-order valence-electron chi connectivity index (χ3n) is 2.07. The first-order chi connectivity index (χ1) is 7.66. The average Bonchev–Trinajstić information content (AvgIpc) is 2.64. The lowest BCUT2D eigenvalue weighted by Gasteiger charge is -2.09. The Morgan fingerprint density at radius 2 is 2.06 bits per heavy atom. The topological polar surface area (TPSA) is 46.0 Å². The van der Waals surface area contributed by atoms with Crippen molar-refractivity contribution in [3.63, 3.8) is 0 Å². The van der Waals surface area contributed by atoms with E-state index in [0.29, 0.717) is 0 Å². The molecule has 0 aliphatic rings. The zero-order valence-electron chi connectivity index (χ0n) is 9.04. The average molecular weight is 252 g/mol. The van der Waals surface area contributed by atoms with Gasteiger partial charge in [-0.25, -0.2) is 0 Å². The van der Waals surface area contributed by atoms with E-state index in [1.807, 2.05) is 31.2 Å². The molecule has 0 radical (unpaired) electrons. The highest BCUT2D eigenvalue weighted by molar-refractivity contribution is 8.01. The Morgan fingerprint density at radius 1 is 1.31 bits per heavy atom. The quantitative estimate of drug-likeness (QED) is 0.912. The smallest absolute Gasteiger partial charge is 0.179 e. The normalized spacial score (nSPS) is 12.7. The lowest BCUT2D eigenvalue weighted by atomic mass is 10.1. The van der Waals surface area contributed by atoms with Crippen LogP contribution in [0.2, 0.25) is 0 Å². The first-order valence-electron chi connectivity index (χ1n) is 4.92. The predicted molar refractivity (Wildman–Crippen MR) is 65.8 cm³/mol. The van der Waals surface area contributed by atoms with Crippen LogP contribution in [0.3, 0.4) is 0 Å². The van der Waals surface area contributed by atoms with E-state index in [2.05, 4.69) is 10.2 Å². The van der Waals surface area contributed by atoms with E-state index in [-0.39, 0.29) is 0 Å². The summed E-state index contributed by atoms with van der Waals surface area (Å²) in [6.45, 7) is 3.70. The first kappa shape index (κ1) is 11.6. The van der Waals surface area contributed by atoms with Crippen molar-refractivity contribution in [3.05, 3.63) is 34.8 Å². The molecule has 3 nitrogen and oxygen atoms in total. The molecule has 1 aromatic heterocycles. The zero-order chi connectivity index (χ0) is 11.5. The molecule has 0 fully saturated rings. The minimum absolute atomic E-state index is 0.460. The number of aliphatic hydroxyl groups is 1. The van der Waals surface area contributed by atoms with Gasteiger partial charge in [-0.15, -0.1) is 10.2 Å². The molecule has 0 unspecified atom stereocenters. The number of aliphatic hydroxyl groups excluding tert-OH is 1. The molecular formula is C11H12N2OS2. The van der Waals surface area contributed by atoms with E-state index in [9.17, 15) is 5.11 Å². The van der Waals surface area contributed by atoms with Gasteiger partial charge in [0.15, 0.2) is 4.34 Å². The predicted octanol–water partition coefficient (Wildman–Crippen LogP) is 3.05. The zero-order valence-corrected chi connectivity index (χ0v) is 10.7. The van der Waals surface area contributed by atoms with Crippen LogP contribution in [0.15, 0.2) is 33.5 Å². The van der Waals surface area contributed by atoms with Crippen LogP contribution in [0.25, 0.3) is 0 Å². The maximum absolute atomic E-state index is 9.64. The SMILES string of the molecule is Cc1nnc(Sc2ccccc2[C@@H](C)O)s1. The van der Waals surface area contributed by atoms with Gasteiger partial charge in [0.05, 0.1) is 6.10 Å². The van der Waals surface area contributed by atoms with Gasteiger partial charge in [0, 0.05) is 4.90 Å².